The second-order valence-electron chi connectivity index (χ2n) is 5.28. The zero-order valence-corrected chi connectivity index (χ0v) is 12.4. The third-order valence-electron chi connectivity index (χ3n) is 3.23. The number of hydrogen-bond acceptors (Lipinski definition) is 4. The average Bonchev–Trinajstić information content (AvgIpc) is 2.67. The maximum Gasteiger partial charge on any atom is 0.321 e. The summed E-state index contributed by atoms with van der Waals surface area (Å²) in [6, 6.07) is 3.28. The van der Waals surface area contributed by atoms with Crippen LogP contribution >= 0.6 is 15.9 Å². The number of fused-ring (bicyclic) bond motifs is 1. The maximum absolute atomic E-state index is 11.8. The van der Waals surface area contributed by atoms with Crippen molar-refractivity contribution < 1.29 is 9.90 Å². The number of hydrogen-bond donors (Lipinski definition) is 3. The smallest absolute Gasteiger partial charge is 0.321 e. The van der Waals surface area contributed by atoms with Gasteiger partial charge in [0.1, 0.15) is 0 Å². The molecule has 8 heteroatoms. The Balaban J connectivity index is 1.63. The molecule has 20 heavy (non-hydrogen) atoms. The van der Waals surface area contributed by atoms with Gasteiger partial charge in [-0.1, -0.05) is 15.9 Å². The molecule has 0 aromatic carbocycles. The number of pyridine rings is 1. The minimum atomic E-state index is -0.661. The molecule has 2 aromatic heterocycles. The lowest BCUT2D eigenvalue weighted by atomic mass is 9.77. The highest BCUT2D eigenvalue weighted by atomic mass is 79.9. The number of nitrogens with one attached hydrogen (secondary N) is 2. The number of carbonyl (C=O) groups excluding carboxylic acids is 1. The van der Waals surface area contributed by atoms with Gasteiger partial charge < -0.3 is 10.4 Å². The molecule has 1 saturated carbocycles. The van der Waals surface area contributed by atoms with E-state index in [1.165, 1.54) is 0 Å². The van der Waals surface area contributed by atoms with E-state index in [0.29, 0.717) is 18.5 Å². The SMILES string of the molecule is CC1(O)CC(NC(=O)Nc2nc3cc(Br)ccn3n2)C1. The summed E-state index contributed by atoms with van der Waals surface area (Å²) in [6.45, 7) is 1.75. The number of rotatable bonds is 2. The first-order valence-electron chi connectivity index (χ1n) is 6.23. The summed E-state index contributed by atoms with van der Waals surface area (Å²) in [5.41, 5.74) is -0.0211. The van der Waals surface area contributed by atoms with Gasteiger partial charge in [0.25, 0.3) is 5.95 Å². The highest BCUT2D eigenvalue weighted by molar-refractivity contribution is 9.10. The van der Waals surface area contributed by atoms with E-state index in [2.05, 4.69) is 36.6 Å². The van der Waals surface area contributed by atoms with Crippen LogP contribution in [-0.4, -0.2) is 37.4 Å². The molecule has 2 amide bonds. The van der Waals surface area contributed by atoms with Crippen molar-refractivity contribution in [3.8, 4) is 0 Å². The summed E-state index contributed by atoms with van der Waals surface area (Å²) in [6.07, 6.45) is 2.87. The molecule has 1 fully saturated rings. The van der Waals surface area contributed by atoms with Crippen molar-refractivity contribution >= 4 is 33.6 Å². The molecule has 0 radical (unpaired) electrons. The number of urea groups is 1. The molecule has 0 aliphatic heterocycles. The van der Waals surface area contributed by atoms with Crippen LogP contribution < -0.4 is 10.6 Å². The lowest BCUT2D eigenvalue weighted by molar-refractivity contribution is -0.0351. The molecule has 7 nitrogen and oxygen atoms in total. The summed E-state index contributed by atoms with van der Waals surface area (Å²) in [7, 11) is 0. The lowest BCUT2D eigenvalue weighted by Gasteiger charge is -2.40. The fourth-order valence-electron chi connectivity index (χ4n) is 2.34. The second kappa shape index (κ2) is 4.71. The van der Waals surface area contributed by atoms with Crippen molar-refractivity contribution in [3.63, 3.8) is 0 Å². The van der Waals surface area contributed by atoms with E-state index in [-0.39, 0.29) is 18.0 Å². The fourth-order valence-corrected chi connectivity index (χ4v) is 2.66. The van der Waals surface area contributed by atoms with Crippen molar-refractivity contribution in [2.24, 2.45) is 0 Å². The van der Waals surface area contributed by atoms with Crippen molar-refractivity contribution in [3.05, 3.63) is 22.8 Å². The molecule has 106 valence electrons. The molecule has 0 atom stereocenters. The molecule has 0 bridgehead atoms. The van der Waals surface area contributed by atoms with Gasteiger partial charge in [-0.25, -0.2) is 9.31 Å². The van der Waals surface area contributed by atoms with Gasteiger partial charge in [-0.15, -0.1) is 5.10 Å². The molecule has 0 spiro atoms. The van der Waals surface area contributed by atoms with Gasteiger partial charge in [0, 0.05) is 16.7 Å². The topological polar surface area (TPSA) is 91.5 Å². The highest BCUT2D eigenvalue weighted by Gasteiger charge is 2.39. The average molecular weight is 340 g/mol. The standard InChI is InChI=1S/C12H14BrN5O2/c1-12(20)5-8(6-12)14-11(19)16-10-15-9-4-7(13)2-3-18(9)17-10/h2-4,8,20H,5-6H2,1H3,(H2,14,16,17,19). The monoisotopic (exact) mass is 339 g/mol. The van der Waals surface area contributed by atoms with E-state index in [1.807, 2.05) is 6.07 Å². The first kappa shape index (κ1) is 13.3. The zero-order valence-electron chi connectivity index (χ0n) is 10.8. The first-order valence-corrected chi connectivity index (χ1v) is 7.02. The summed E-state index contributed by atoms with van der Waals surface area (Å²) < 4.78 is 2.47. The number of aliphatic hydroxyl groups is 1. The zero-order chi connectivity index (χ0) is 14.3. The van der Waals surface area contributed by atoms with Crippen LogP contribution in [0.1, 0.15) is 19.8 Å². The van der Waals surface area contributed by atoms with E-state index >= 15 is 0 Å². The minimum Gasteiger partial charge on any atom is -0.390 e. The molecule has 2 aromatic rings. The summed E-state index contributed by atoms with van der Waals surface area (Å²) >= 11 is 3.35. The molecule has 1 aliphatic carbocycles. The van der Waals surface area contributed by atoms with Gasteiger partial charge in [-0.3, -0.25) is 5.32 Å². The third-order valence-corrected chi connectivity index (χ3v) is 3.73. The highest BCUT2D eigenvalue weighted by Crippen LogP contribution is 2.31. The van der Waals surface area contributed by atoms with Crippen LogP contribution in [0.15, 0.2) is 22.8 Å². The second-order valence-corrected chi connectivity index (χ2v) is 6.20. The van der Waals surface area contributed by atoms with Crippen LogP contribution in [0.2, 0.25) is 0 Å². The van der Waals surface area contributed by atoms with Gasteiger partial charge in [0.05, 0.1) is 5.60 Å². The third kappa shape index (κ3) is 2.75. The van der Waals surface area contributed by atoms with Gasteiger partial charge in [-0.05, 0) is 31.9 Å². The Morgan fingerprint density at radius 2 is 2.35 bits per heavy atom. The van der Waals surface area contributed by atoms with Crippen LogP contribution in [0.25, 0.3) is 5.65 Å². The van der Waals surface area contributed by atoms with Crippen molar-refractivity contribution in [1.29, 1.82) is 0 Å². The van der Waals surface area contributed by atoms with E-state index in [0.717, 1.165) is 4.47 Å². The van der Waals surface area contributed by atoms with Crippen LogP contribution in [0.3, 0.4) is 0 Å². The van der Waals surface area contributed by atoms with Gasteiger partial charge in [0.2, 0.25) is 0 Å². The van der Waals surface area contributed by atoms with Crippen LogP contribution in [0, 0.1) is 0 Å². The largest absolute Gasteiger partial charge is 0.390 e. The van der Waals surface area contributed by atoms with Gasteiger partial charge in [0.15, 0.2) is 5.65 Å². The predicted octanol–water partition coefficient (Wildman–Crippen LogP) is 1.53. The van der Waals surface area contributed by atoms with Crippen molar-refractivity contribution in [2.75, 3.05) is 5.32 Å². The molecule has 0 unspecified atom stereocenters. The number of amides is 2. The van der Waals surface area contributed by atoms with Crippen LogP contribution in [0.5, 0.6) is 0 Å². The molecule has 0 saturated heterocycles. The van der Waals surface area contributed by atoms with Crippen molar-refractivity contribution in [2.45, 2.75) is 31.4 Å². The molecule has 1 aliphatic rings. The predicted molar refractivity (Wildman–Crippen MR) is 76.5 cm³/mol. The fraction of sp³-hybridized carbons (Fsp3) is 0.417. The van der Waals surface area contributed by atoms with E-state index in [1.54, 1.807) is 23.7 Å². The number of carbonyl (C=O) groups is 1. The number of halogens is 1. The molecular formula is C12H14BrN5O2. The Bertz CT molecular complexity index is 661. The number of anilines is 1. The Hall–Kier alpha value is -1.67. The Labute approximate surface area is 123 Å². The number of aromatic nitrogens is 3. The van der Waals surface area contributed by atoms with E-state index < -0.39 is 5.60 Å². The lowest BCUT2D eigenvalue weighted by Crippen LogP contribution is -2.54. The molecule has 3 N–H and O–H groups in total. The minimum absolute atomic E-state index is 0.00354. The number of nitrogens with zero attached hydrogens (tertiary/aromatic N) is 3. The summed E-state index contributed by atoms with van der Waals surface area (Å²) in [5.74, 6) is 0.242. The molecule has 3 rings (SSSR count). The van der Waals surface area contributed by atoms with E-state index in [4.69, 9.17) is 0 Å². The molecule has 2 heterocycles. The first-order chi connectivity index (χ1) is 9.41. The van der Waals surface area contributed by atoms with Gasteiger partial charge >= 0.3 is 6.03 Å². The Morgan fingerprint density at radius 3 is 3.05 bits per heavy atom. The van der Waals surface area contributed by atoms with Gasteiger partial charge in [-0.2, -0.15) is 4.98 Å². The normalized spacial score (nSPS) is 25.2. The van der Waals surface area contributed by atoms with Crippen LogP contribution in [-0.2, 0) is 0 Å². The summed E-state index contributed by atoms with van der Waals surface area (Å²) in [4.78, 5) is 16.0. The van der Waals surface area contributed by atoms with Crippen molar-refractivity contribution in [1.82, 2.24) is 19.9 Å². The summed E-state index contributed by atoms with van der Waals surface area (Å²) in [5, 5.41) is 19.1. The molecular weight excluding hydrogens is 326 g/mol. The Morgan fingerprint density at radius 1 is 1.60 bits per heavy atom. The Kier molecular flexibility index (Phi) is 3.14. The quantitative estimate of drug-likeness (QED) is 0.773. The van der Waals surface area contributed by atoms with E-state index in [9.17, 15) is 9.90 Å². The maximum atomic E-state index is 11.8. The van der Waals surface area contributed by atoms with Crippen LogP contribution in [0.4, 0.5) is 10.7 Å².